The Bertz CT molecular complexity index is 1070. The third-order valence-corrected chi connectivity index (χ3v) is 6.33. The van der Waals surface area contributed by atoms with Crippen LogP contribution < -0.4 is 4.74 Å². The van der Waals surface area contributed by atoms with E-state index in [0.29, 0.717) is 32.5 Å². The molecule has 1 aromatic heterocycles. The predicted octanol–water partition coefficient (Wildman–Crippen LogP) is 2.78. The lowest BCUT2D eigenvalue weighted by Crippen LogP contribution is -2.36. The van der Waals surface area contributed by atoms with Crippen molar-refractivity contribution in [1.82, 2.24) is 15.1 Å². The Hall–Kier alpha value is -2.55. The minimum Gasteiger partial charge on any atom is -0.487 e. The van der Waals surface area contributed by atoms with E-state index in [0.717, 1.165) is 28.6 Å². The van der Waals surface area contributed by atoms with Crippen molar-refractivity contribution >= 4 is 10.9 Å². The molecule has 1 saturated carbocycles. The van der Waals surface area contributed by atoms with E-state index < -0.39 is 23.3 Å². The minimum absolute atomic E-state index is 0.00638. The second-order valence-electron chi connectivity index (χ2n) is 8.48. The lowest BCUT2D eigenvalue weighted by atomic mass is 9.95. The Morgan fingerprint density at radius 2 is 2.13 bits per heavy atom. The third-order valence-electron chi connectivity index (χ3n) is 6.33. The summed E-state index contributed by atoms with van der Waals surface area (Å²) in [5.41, 5.74) is 0.788. The first-order valence-electron chi connectivity index (χ1n) is 10.1. The topological polar surface area (TPSA) is 81.6 Å². The molecule has 5 rings (SSSR count). The molecule has 0 unspecified atom stereocenters. The number of nitrogens with zero attached hydrogens (tertiary/aromatic N) is 2. The molecular weight excluding hydrogens is 392 g/mol. The number of ether oxygens (including phenoxy) is 1. The van der Waals surface area contributed by atoms with Gasteiger partial charge in [0.1, 0.15) is 11.9 Å². The number of hydrogen-bond donors (Lipinski definition) is 3. The Balaban J connectivity index is 1.21. The molecule has 2 aliphatic rings. The van der Waals surface area contributed by atoms with Gasteiger partial charge in [-0.25, -0.2) is 8.78 Å². The van der Waals surface area contributed by atoms with E-state index in [1.807, 2.05) is 18.2 Å². The zero-order chi connectivity index (χ0) is 20.9. The number of nitrogens with one attached hydrogen (secondary N) is 1. The predicted molar refractivity (Wildman–Crippen MR) is 106 cm³/mol. The Morgan fingerprint density at radius 1 is 1.27 bits per heavy atom. The highest BCUT2D eigenvalue weighted by atomic mass is 19.1. The minimum atomic E-state index is -0.935. The number of H-pyrrole nitrogens is 1. The van der Waals surface area contributed by atoms with Crippen LogP contribution in [0.4, 0.5) is 8.78 Å². The monoisotopic (exact) mass is 415 g/mol. The second-order valence-corrected chi connectivity index (χ2v) is 8.48. The maximum Gasteiger partial charge on any atom is 0.167 e. The standard InChI is InChI=1S/C22H23F2N3O3/c23-16-2-4-21(18(24)7-16)30-17-6-15-10-27(12-22(15,29)8-17)11-20(28)13-1-3-19-14(5-13)9-25-26-19/h1-5,7,9,15,17,20,28-29H,6,8,10-12H2,(H,25,26)/t15-,17+,20+,22-/m1/s1. The first kappa shape index (κ1) is 19.4. The normalized spacial score (nSPS) is 27.5. The van der Waals surface area contributed by atoms with Gasteiger partial charge in [-0.05, 0) is 36.2 Å². The fourth-order valence-corrected chi connectivity index (χ4v) is 4.88. The molecule has 0 spiro atoms. The molecular formula is C22H23F2N3O3. The summed E-state index contributed by atoms with van der Waals surface area (Å²) in [6, 6.07) is 8.91. The lowest BCUT2D eigenvalue weighted by molar-refractivity contribution is 0.0175. The van der Waals surface area contributed by atoms with E-state index in [2.05, 4.69) is 15.1 Å². The van der Waals surface area contributed by atoms with Crippen LogP contribution in [0, 0.1) is 17.6 Å². The van der Waals surface area contributed by atoms with Crippen molar-refractivity contribution in [2.24, 2.45) is 5.92 Å². The smallest absolute Gasteiger partial charge is 0.167 e. The number of aliphatic hydroxyl groups excluding tert-OH is 1. The number of hydrogen-bond acceptors (Lipinski definition) is 5. The summed E-state index contributed by atoms with van der Waals surface area (Å²) >= 11 is 0. The van der Waals surface area contributed by atoms with Crippen LogP contribution in [0.25, 0.3) is 10.9 Å². The number of fused-ring (bicyclic) bond motifs is 2. The molecule has 6 nitrogen and oxygen atoms in total. The number of aromatic nitrogens is 2. The van der Waals surface area contributed by atoms with Gasteiger partial charge >= 0.3 is 0 Å². The van der Waals surface area contributed by atoms with Gasteiger partial charge in [0.2, 0.25) is 0 Å². The average molecular weight is 415 g/mol. The zero-order valence-corrected chi connectivity index (χ0v) is 16.3. The van der Waals surface area contributed by atoms with Gasteiger partial charge in [0, 0.05) is 43.4 Å². The number of benzene rings is 2. The first-order valence-corrected chi connectivity index (χ1v) is 10.1. The van der Waals surface area contributed by atoms with Crippen LogP contribution in [-0.2, 0) is 0 Å². The van der Waals surface area contributed by atoms with E-state index in [1.54, 1.807) is 6.20 Å². The van der Waals surface area contributed by atoms with Crippen LogP contribution >= 0.6 is 0 Å². The fourth-order valence-electron chi connectivity index (χ4n) is 4.88. The third kappa shape index (κ3) is 3.55. The maximum atomic E-state index is 13.9. The van der Waals surface area contributed by atoms with E-state index in [4.69, 9.17) is 4.74 Å². The van der Waals surface area contributed by atoms with Crippen molar-refractivity contribution in [2.75, 3.05) is 19.6 Å². The zero-order valence-electron chi connectivity index (χ0n) is 16.3. The van der Waals surface area contributed by atoms with Crippen LogP contribution in [-0.4, -0.2) is 56.6 Å². The molecule has 1 aliphatic carbocycles. The summed E-state index contributed by atoms with van der Waals surface area (Å²) in [6.45, 7) is 1.47. The van der Waals surface area contributed by atoms with Gasteiger partial charge in [-0.15, -0.1) is 0 Å². The van der Waals surface area contributed by atoms with Gasteiger partial charge in [-0.2, -0.15) is 5.10 Å². The van der Waals surface area contributed by atoms with Crippen molar-refractivity contribution in [3.8, 4) is 5.75 Å². The molecule has 0 bridgehead atoms. The SMILES string of the molecule is O[C@@H](CN1C[C@H]2C[C@H](Oc3ccc(F)cc3F)C[C@@]2(O)C1)c1ccc2[nH]ncc2c1. The molecule has 158 valence electrons. The summed E-state index contributed by atoms with van der Waals surface area (Å²) in [6.07, 6.45) is 1.68. The highest BCUT2D eigenvalue weighted by Gasteiger charge is 2.52. The molecule has 8 heteroatoms. The maximum absolute atomic E-state index is 13.9. The summed E-state index contributed by atoms with van der Waals surface area (Å²) in [5, 5.41) is 29.6. The molecule has 1 saturated heterocycles. The van der Waals surface area contributed by atoms with Gasteiger partial charge in [-0.3, -0.25) is 10.00 Å². The van der Waals surface area contributed by atoms with Crippen LogP contribution in [0.3, 0.4) is 0 Å². The van der Waals surface area contributed by atoms with Gasteiger partial charge in [-0.1, -0.05) is 6.07 Å². The summed E-state index contributed by atoms with van der Waals surface area (Å²) in [4.78, 5) is 2.06. The number of β-amino-alcohol motifs (C(OH)–C–C–N with tert-alkyl or cyclic N) is 2. The molecule has 30 heavy (non-hydrogen) atoms. The van der Waals surface area contributed by atoms with E-state index in [-0.39, 0.29) is 17.8 Å². The summed E-state index contributed by atoms with van der Waals surface area (Å²) in [7, 11) is 0. The van der Waals surface area contributed by atoms with Crippen LogP contribution in [0.2, 0.25) is 0 Å². The van der Waals surface area contributed by atoms with Crippen molar-refractivity contribution in [3.05, 3.63) is 59.8 Å². The van der Waals surface area contributed by atoms with Gasteiger partial charge in [0.25, 0.3) is 0 Å². The molecule has 2 aromatic carbocycles. The average Bonchev–Trinajstić information content (AvgIpc) is 3.35. The van der Waals surface area contributed by atoms with E-state index in [9.17, 15) is 19.0 Å². The largest absolute Gasteiger partial charge is 0.487 e. The molecule has 0 amide bonds. The first-order chi connectivity index (χ1) is 14.4. The molecule has 2 heterocycles. The molecule has 0 radical (unpaired) electrons. The fraction of sp³-hybridized carbons (Fsp3) is 0.409. The van der Waals surface area contributed by atoms with Crippen molar-refractivity contribution < 1.29 is 23.7 Å². The molecule has 3 aromatic rings. The van der Waals surface area contributed by atoms with Crippen molar-refractivity contribution in [2.45, 2.75) is 30.7 Å². The van der Waals surface area contributed by atoms with Gasteiger partial charge in [0.05, 0.1) is 23.4 Å². The second kappa shape index (κ2) is 7.30. The Labute approximate surface area is 172 Å². The van der Waals surface area contributed by atoms with Crippen LogP contribution in [0.1, 0.15) is 24.5 Å². The Morgan fingerprint density at radius 3 is 2.93 bits per heavy atom. The lowest BCUT2D eigenvalue weighted by Gasteiger charge is -2.25. The van der Waals surface area contributed by atoms with Crippen LogP contribution in [0.5, 0.6) is 5.75 Å². The number of halogens is 2. The highest BCUT2D eigenvalue weighted by molar-refractivity contribution is 5.78. The number of likely N-dealkylation sites (tertiary alicyclic amines) is 1. The molecule has 2 fully saturated rings. The Kier molecular flexibility index (Phi) is 4.72. The number of aromatic amines is 1. The van der Waals surface area contributed by atoms with Crippen molar-refractivity contribution in [1.29, 1.82) is 0 Å². The molecule has 3 N–H and O–H groups in total. The van der Waals surface area contributed by atoms with E-state index in [1.165, 1.54) is 6.07 Å². The highest BCUT2D eigenvalue weighted by Crippen LogP contribution is 2.43. The number of aliphatic hydroxyl groups is 2. The summed E-state index contributed by atoms with van der Waals surface area (Å²) in [5.74, 6) is -1.40. The summed E-state index contributed by atoms with van der Waals surface area (Å²) < 4.78 is 32.6. The molecule has 1 aliphatic heterocycles. The van der Waals surface area contributed by atoms with E-state index >= 15 is 0 Å². The van der Waals surface area contributed by atoms with Gasteiger partial charge in [0.15, 0.2) is 11.6 Å². The van der Waals surface area contributed by atoms with Crippen LogP contribution in [0.15, 0.2) is 42.6 Å². The van der Waals surface area contributed by atoms with Crippen molar-refractivity contribution in [3.63, 3.8) is 0 Å². The quantitative estimate of drug-likeness (QED) is 0.597. The van der Waals surface area contributed by atoms with Gasteiger partial charge < -0.3 is 14.9 Å². The number of rotatable bonds is 5. The molecule has 4 atom stereocenters.